The lowest BCUT2D eigenvalue weighted by Crippen LogP contribution is -2.26. The van der Waals surface area contributed by atoms with Crippen LogP contribution in [0.25, 0.3) is 22.1 Å². The lowest BCUT2D eigenvalue weighted by atomic mass is 10.0. The minimum atomic E-state index is -0.810. The summed E-state index contributed by atoms with van der Waals surface area (Å²) in [6.45, 7) is 1.80. The average molecular weight is 400 g/mol. The highest BCUT2D eigenvalue weighted by molar-refractivity contribution is 5.93. The zero-order valence-electron chi connectivity index (χ0n) is 16.4. The Bertz CT molecular complexity index is 1210. The van der Waals surface area contributed by atoms with Crippen molar-refractivity contribution in [2.45, 2.75) is 19.6 Å². The van der Waals surface area contributed by atoms with Crippen molar-refractivity contribution in [1.29, 1.82) is 0 Å². The Morgan fingerprint density at radius 3 is 2.37 bits per heavy atom. The number of esters is 1. The van der Waals surface area contributed by atoms with E-state index in [1.54, 1.807) is 19.1 Å². The van der Waals surface area contributed by atoms with Crippen molar-refractivity contribution in [3.63, 3.8) is 0 Å². The molecule has 0 aliphatic rings. The van der Waals surface area contributed by atoms with E-state index in [-0.39, 0.29) is 6.61 Å². The summed E-state index contributed by atoms with van der Waals surface area (Å²) in [6, 6.07) is 25.7. The van der Waals surface area contributed by atoms with Gasteiger partial charge in [-0.05, 0) is 35.7 Å². The van der Waals surface area contributed by atoms with Crippen LogP contribution in [0.4, 0.5) is 0 Å². The Labute approximate surface area is 173 Å². The van der Waals surface area contributed by atoms with Gasteiger partial charge < -0.3 is 13.9 Å². The average Bonchev–Trinajstić information content (AvgIpc) is 2.78. The Morgan fingerprint density at radius 2 is 1.63 bits per heavy atom. The third-order valence-electron chi connectivity index (χ3n) is 4.67. The van der Waals surface area contributed by atoms with Crippen LogP contribution in [-0.4, -0.2) is 12.1 Å². The quantitative estimate of drug-likeness (QED) is 0.338. The molecule has 0 N–H and O–H groups in total. The first-order valence-corrected chi connectivity index (χ1v) is 9.61. The number of hydrogen-bond acceptors (Lipinski definition) is 5. The zero-order chi connectivity index (χ0) is 20.9. The van der Waals surface area contributed by atoms with Gasteiger partial charge in [0.15, 0.2) is 6.10 Å². The summed E-state index contributed by atoms with van der Waals surface area (Å²) in [7, 11) is 0. The largest absolute Gasteiger partial charge is 0.479 e. The molecule has 0 unspecified atom stereocenters. The molecular formula is C25H20O5. The second kappa shape index (κ2) is 8.66. The molecule has 30 heavy (non-hydrogen) atoms. The van der Waals surface area contributed by atoms with Gasteiger partial charge in [-0.3, -0.25) is 0 Å². The Balaban J connectivity index is 1.52. The van der Waals surface area contributed by atoms with E-state index in [9.17, 15) is 9.59 Å². The topological polar surface area (TPSA) is 65.7 Å². The van der Waals surface area contributed by atoms with Crippen LogP contribution in [0.1, 0.15) is 12.5 Å². The maximum absolute atomic E-state index is 12.3. The van der Waals surface area contributed by atoms with Crippen molar-refractivity contribution in [3.8, 4) is 16.9 Å². The highest BCUT2D eigenvalue weighted by atomic mass is 16.6. The molecule has 1 atom stereocenters. The summed E-state index contributed by atoms with van der Waals surface area (Å²) < 4.78 is 16.4. The van der Waals surface area contributed by atoms with Crippen LogP contribution in [0.15, 0.2) is 94.1 Å². The first kappa shape index (κ1) is 19.5. The fourth-order valence-electron chi connectivity index (χ4n) is 3.17. The Hall–Kier alpha value is -3.86. The van der Waals surface area contributed by atoms with Crippen LogP contribution in [0.5, 0.6) is 5.75 Å². The summed E-state index contributed by atoms with van der Waals surface area (Å²) in [5.74, 6) is -0.0570. The molecule has 0 aliphatic carbocycles. The van der Waals surface area contributed by atoms with Crippen molar-refractivity contribution >= 4 is 16.9 Å². The second-order valence-electron chi connectivity index (χ2n) is 6.86. The number of fused-ring (bicyclic) bond motifs is 1. The van der Waals surface area contributed by atoms with Crippen molar-refractivity contribution in [1.82, 2.24) is 0 Å². The number of carbonyl (C=O) groups excluding carboxylic acids is 1. The highest BCUT2D eigenvalue weighted by Gasteiger charge is 2.17. The van der Waals surface area contributed by atoms with Crippen LogP contribution in [0.2, 0.25) is 0 Å². The van der Waals surface area contributed by atoms with Gasteiger partial charge in [0, 0.05) is 17.5 Å². The van der Waals surface area contributed by atoms with Crippen LogP contribution >= 0.6 is 0 Å². The summed E-state index contributed by atoms with van der Waals surface area (Å²) in [6.07, 6.45) is -0.810. The lowest BCUT2D eigenvalue weighted by Gasteiger charge is -2.15. The van der Waals surface area contributed by atoms with Crippen LogP contribution in [-0.2, 0) is 16.1 Å². The van der Waals surface area contributed by atoms with Gasteiger partial charge in [-0.1, -0.05) is 60.7 Å². The molecule has 0 spiro atoms. The number of carbonyl (C=O) groups is 1. The molecule has 150 valence electrons. The Morgan fingerprint density at radius 1 is 0.933 bits per heavy atom. The SMILES string of the molecule is C[C@@H](Oc1ccc2c(-c3ccccc3)cc(=O)oc2c1)C(=O)OCc1ccccc1. The molecule has 0 amide bonds. The first-order chi connectivity index (χ1) is 14.6. The molecule has 0 bridgehead atoms. The molecule has 0 saturated carbocycles. The molecule has 1 heterocycles. The van der Waals surface area contributed by atoms with Crippen LogP contribution < -0.4 is 10.4 Å². The molecule has 0 radical (unpaired) electrons. The molecule has 1 aromatic heterocycles. The fraction of sp³-hybridized carbons (Fsp3) is 0.120. The molecule has 5 nitrogen and oxygen atoms in total. The van der Waals surface area contributed by atoms with Gasteiger partial charge in [0.25, 0.3) is 0 Å². The maximum atomic E-state index is 12.3. The van der Waals surface area contributed by atoms with Gasteiger partial charge >= 0.3 is 11.6 Å². The minimum Gasteiger partial charge on any atom is -0.479 e. The molecule has 0 saturated heterocycles. The predicted octanol–water partition coefficient (Wildman–Crippen LogP) is 4.97. The van der Waals surface area contributed by atoms with Crippen molar-refractivity contribution < 1.29 is 18.7 Å². The van der Waals surface area contributed by atoms with Crippen molar-refractivity contribution in [2.24, 2.45) is 0 Å². The molecule has 4 aromatic rings. The van der Waals surface area contributed by atoms with Gasteiger partial charge in [-0.25, -0.2) is 9.59 Å². The van der Waals surface area contributed by atoms with E-state index in [0.29, 0.717) is 11.3 Å². The van der Waals surface area contributed by atoms with E-state index in [1.807, 2.05) is 66.7 Å². The van der Waals surface area contributed by atoms with E-state index >= 15 is 0 Å². The fourth-order valence-corrected chi connectivity index (χ4v) is 3.17. The highest BCUT2D eigenvalue weighted by Crippen LogP contribution is 2.29. The Kier molecular flexibility index (Phi) is 5.61. The standard InChI is InChI=1S/C25H20O5/c1-17(25(27)28-16-18-8-4-2-5-9-18)29-20-12-13-21-22(19-10-6-3-7-11-19)15-24(26)30-23(21)14-20/h2-15,17H,16H2,1H3/t17-/m1/s1. The molecule has 3 aromatic carbocycles. The van der Waals surface area contributed by atoms with Gasteiger partial charge in [0.2, 0.25) is 0 Å². The maximum Gasteiger partial charge on any atom is 0.347 e. The number of ether oxygens (including phenoxy) is 2. The summed E-state index contributed by atoms with van der Waals surface area (Å²) in [4.78, 5) is 24.3. The van der Waals surface area contributed by atoms with Gasteiger partial charge in [-0.2, -0.15) is 0 Å². The van der Waals surface area contributed by atoms with Gasteiger partial charge in [0.05, 0.1) is 0 Å². The van der Waals surface area contributed by atoms with Gasteiger partial charge in [0.1, 0.15) is 17.9 Å². The first-order valence-electron chi connectivity index (χ1n) is 9.61. The molecule has 5 heteroatoms. The number of rotatable bonds is 6. The monoisotopic (exact) mass is 400 g/mol. The van der Waals surface area contributed by atoms with E-state index in [1.165, 1.54) is 6.07 Å². The van der Waals surface area contributed by atoms with Gasteiger partial charge in [-0.15, -0.1) is 0 Å². The number of hydrogen-bond donors (Lipinski definition) is 0. The summed E-state index contributed by atoms with van der Waals surface area (Å²) >= 11 is 0. The van der Waals surface area contributed by atoms with E-state index in [2.05, 4.69) is 0 Å². The van der Waals surface area contributed by atoms with Crippen LogP contribution in [0, 0.1) is 0 Å². The van der Waals surface area contributed by atoms with Crippen molar-refractivity contribution in [2.75, 3.05) is 0 Å². The minimum absolute atomic E-state index is 0.181. The van der Waals surface area contributed by atoms with E-state index < -0.39 is 17.7 Å². The molecule has 4 rings (SSSR count). The summed E-state index contributed by atoms with van der Waals surface area (Å²) in [5, 5.41) is 0.785. The van der Waals surface area contributed by atoms with E-state index in [4.69, 9.17) is 13.9 Å². The van der Waals surface area contributed by atoms with Crippen LogP contribution in [0.3, 0.4) is 0 Å². The smallest absolute Gasteiger partial charge is 0.347 e. The van der Waals surface area contributed by atoms with E-state index in [0.717, 1.165) is 22.1 Å². The summed E-state index contributed by atoms with van der Waals surface area (Å²) in [5.41, 5.74) is 2.54. The third-order valence-corrected chi connectivity index (χ3v) is 4.67. The predicted molar refractivity (Wildman–Crippen MR) is 114 cm³/mol. The lowest BCUT2D eigenvalue weighted by molar-refractivity contribution is -0.152. The second-order valence-corrected chi connectivity index (χ2v) is 6.86. The van der Waals surface area contributed by atoms with Crippen molar-refractivity contribution in [3.05, 3.63) is 101 Å². The third kappa shape index (κ3) is 4.41. The number of benzene rings is 3. The normalized spacial score (nSPS) is 11.8. The molecule has 0 fully saturated rings. The molecular weight excluding hydrogens is 380 g/mol. The molecule has 0 aliphatic heterocycles. The zero-order valence-corrected chi connectivity index (χ0v) is 16.4.